The second-order valence-corrected chi connectivity index (χ2v) is 11.3. The Morgan fingerprint density at radius 2 is 1.28 bits per heavy atom. The summed E-state index contributed by atoms with van der Waals surface area (Å²) in [5, 5.41) is 5.13. The summed E-state index contributed by atoms with van der Waals surface area (Å²) in [4.78, 5) is 0. The molecule has 0 saturated carbocycles. The van der Waals surface area contributed by atoms with Gasteiger partial charge in [-0.15, -0.1) is 0 Å². The molecule has 1 heterocycles. The van der Waals surface area contributed by atoms with Gasteiger partial charge in [0.15, 0.2) is 0 Å². The monoisotopic (exact) mass is 468 g/mol. The van der Waals surface area contributed by atoms with E-state index >= 15 is 0 Å². The largest absolute Gasteiger partial charge is 0.495 e. The van der Waals surface area contributed by atoms with Gasteiger partial charge in [-0.05, 0) is 100 Å². The van der Waals surface area contributed by atoms with Crippen molar-refractivity contribution in [3.05, 3.63) is 101 Å². The molecule has 2 nitrogen and oxygen atoms in total. The summed E-state index contributed by atoms with van der Waals surface area (Å²) in [5.41, 5.74) is 6.63. The first-order chi connectivity index (χ1) is 17.3. The van der Waals surface area contributed by atoms with E-state index < -0.39 is 0 Å². The molecule has 0 amide bonds. The molecule has 4 aromatic rings. The van der Waals surface area contributed by atoms with Gasteiger partial charge in [-0.1, -0.05) is 78.9 Å². The number of hydrogen-bond donors (Lipinski definition) is 0. The number of allylic oxidation sites excluding steroid dienone is 2. The normalized spacial score (nSPS) is 20.7. The van der Waals surface area contributed by atoms with Gasteiger partial charge in [-0.2, -0.15) is 0 Å². The molecule has 1 fully saturated rings. The fraction of sp³-hybridized carbons (Fsp3) is 0.212. The van der Waals surface area contributed by atoms with Gasteiger partial charge in [0.05, 0.1) is 11.2 Å². The van der Waals surface area contributed by atoms with E-state index in [0.29, 0.717) is 5.92 Å². The van der Waals surface area contributed by atoms with Crippen molar-refractivity contribution in [1.29, 1.82) is 0 Å². The maximum atomic E-state index is 6.38. The van der Waals surface area contributed by atoms with Gasteiger partial charge in [-0.3, -0.25) is 0 Å². The molecule has 0 radical (unpaired) electrons. The van der Waals surface area contributed by atoms with Crippen molar-refractivity contribution in [3.63, 3.8) is 0 Å². The van der Waals surface area contributed by atoms with Crippen molar-refractivity contribution in [2.24, 2.45) is 5.92 Å². The van der Waals surface area contributed by atoms with E-state index in [9.17, 15) is 0 Å². The van der Waals surface area contributed by atoms with E-state index in [-0.39, 0.29) is 18.3 Å². The average molecular weight is 468 g/mol. The Labute approximate surface area is 212 Å². The molecule has 4 aromatic carbocycles. The Balaban J connectivity index is 1.24. The van der Waals surface area contributed by atoms with Crippen LogP contribution in [0.4, 0.5) is 0 Å². The molecule has 0 N–H and O–H groups in total. The Morgan fingerprint density at radius 1 is 0.639 bits per heavy atom. The minimum absolute atomic E-state index is 0.367. The van der Waals surface area contributed by atoms with Gasteiger partial charge in [0.1, 0.15) is 0 Å². The molecule has 7 rings (SSSR count). The van der Waals surface area contributed by atoms with Gasteiger partial charge in [0.25, 0.3) is 0 Å². The van der Waals surface area contributed by atoms with Crippen LogP contribution in [0.15, 0.2) is 90.5 Å². The Hall–Kier alpha value is -3.40. The number of rotatable bonds is 3. The zero-order valence-electron chi connectivity index (χ0n) is 21.2. The third-order valence-corrected chi connectivity index (χ3v) is 8.37. The van der Waals surface area contributed by atoms with E-state index in [1.165, 1.54) is 43.5 Å². The first-order valence-electron chi connectivity index (χ1n) is 12.8. The van der Waals surface area contributed by atoms with Crippen LogP contribution in [0.1, 0.15) is 27.7 Å². The van der Waals surface area contributed by atoms with E-state index in [1.54, 1.807) is 0 Å². The van der Waals surface area contributed by atoms with Gasteiger partial charge >= 0.3 is 7.12 Å². The quantitative estimate of drug-likeness (QED) is 0.365. The molecule has 0 bridgehead atoms. The molecule has 3 heteroatoms. The van der Waals surface area contributed by atoms with Crippen LogP contribution >= 0.6 is 0 Å². The molecule has 176 valence electrons. The SMILES string of the molecule is CC1(C)OB(c2ccccc2-c2ccc3cc(-c4ccc5c(c4)=CC4C=C4C=5)ccc3c2)OC1(C)C. The summed E-state index contributed by atoms with van der Waals surface area (Å²) >= 11 is 0. The molecular weight excluding hydrogens is 439 g/mol. The predicted molar refractivity (Wildman–Crippen MR) is 150 cm³/mol. The number of fused-ring (bicyclic) bond motifs is 3. The zero-order valence-corrected chi connectivity index (χ0v) is 21.2. The van der Waals surface area contributed by atoms with Gasteiger partial charge in [0.2, 0.25) is 0 Å². The molecule has 0 spiro atoms. The molecule has 1 unspecified atom stereocenters. The molecule has 36 heavy (non-hydrogen) atoms. The van der Waals surface area contributed by atoms with Crippen LogP contribution in [0.25, 0.3) is 45.2 Å². The Kier molecular flexibility index (Phi) is 4.58. The molecule has 1 saturated heterocycles. The minimum atomic E-state index is -0.385. The smallest absolute Gasteiger partial charge is 0.399 e. The second-order valence-electron chi connectivity index (χ2n) is 11.3. The van der Waals surface area contributed by atoms with E-state index in [2.05, 4.69) is 125 Å². The molecule has 3 aliphatic rings. The van der Waals surface area contributed by atoms with Crippen molar-refractivity contribution in [3.8, 4) is 22.3 Å². The van der Waals surface area contributed by atoms with Gasteiger partial charge in [0, 0.05) is 5.92 Å². The highest BCUT2D eigenvalue weighted by molar-refractivity contribution is 6.63. The fourth-order valence-electron chi connectivity index (χ4n) is 5.38. The predicted octanol–water partition coefficient (Wildman–Crippen LogP) is 5.60. The van der Waals surface area contributed by atoms with Crippen molar-refractivity contribution in [2.75, 3.05) is 0 Å². The summed E-state index contributed by atoms with van der Waals surface area (Å²) in [6.45, 7) is 8.40. The van der Waals surface area contributed by atoms with Crippen LogP contribution in [0.2, 0.25) is 0 Å². The maximum Gasteiger partial charge on any atom is 0.495 e. The van der Waals surface area contributed by atoms with Gasteiger partial charge < -0.3 is 9.31 Å². The number of benzene rings is 4. The molecular formula is C33H29BO2. The number of hydrogen-bond acceptors (Lipinski definition) is 2. The Morgan fingerprint density at radius 3 is 2.06 bits per heavy atom. The Bertz CT molecular complexity index is 1690. The van der Waals surface area contributed by atoms with E-state index in [4.69, 9.17) is 9.31 Å². The topological polar surface area (TPSA) is 18.5 Å². The third kappa shape index (κ3) is 3.50. The van der Waals surface area contributed by atoms with Crippen molar-refractivity contribution in [2.45, 2.75) is 38.9 Å². The average Bonchev–Trinajstić information content (AvgIpc) is 3.59. The highest BCUT2D eigenvalue weighted by Gasteiger charge is 2.52. The maximum absolute atomic E-state index is 6.38. The second kappa shape index (κ2) is 7.55. The lowest BCUT2D eigenvalue weighted by Crippen LogP contribution is -2.41. The van der Waals surface area contributed by atoms with Crippen molar-refractivity contribution in [1.82, 2.24) is 0 Å². The lowest BCUT2D eigenvalue weighted by atomic mass is 9.74. The van der Waals surface area contributed by atoms with Crippen LogP contribution in [0.5, 0.6) is 0 Å². The zero-order chi connectivity index (χ0) is 24.7. The highest BCUT2D eigenvalue weighted by atomic mass is 16.7. The van der Waals surface area contributed by atoms with Gasteiger partial charge in [-0.25, -0.2) is 0 Å². The third-order valence-electron chi connectivity index (χ3n) is 8.37. The standard InChI is InChI=1S/C33H29BO2/c1-32(2)33(3,4)36-34(35-32)31-8-6-5-7-30(31)26-14-13-22-15-21(9-10-23(22)16-26)24-11-12-25-18-28-20-29(28)19-27(25)17-24/h5-20,29H,1-4H3. The van der Waals surface area contributed by atoms with Crippen LogP contribution in [-0.4, -0.2) is 18.3 Å². The van der Waals surface area contributed by atoms with E-state index in [1.807, 2.05) is 0 Å². The molecule has 0 aromatic heterocycles. The summed E-state index contributed by atoms with van der Waals surface area (Å²) in [6.07, 6.45) is 7.00. The lowest BCUT2D eigenvalue weighted by Gasteiger charge is -2.32. The first-order valence-corrected chi connectivity index (χ1v) is 12.8. The van der Waals surface area contributed by atoms with Crippen molar-refractivity contribution < 1.29 is 9.31 Å². The summed E-state index contributed by atoms with van der Waals surface area (Å²) in [5.74, 6) is 0.558. The summed E-state index contributed by atoms with van der Waals surface area (Å²) in [7, 11) is -0.385. The highest BCUT2D eigenvalue weighted by Crippen LogP contribution is 2.38. The molecule has 1 atom stereocenters. The lowest BCUT2D eigenvalue weighted by molar-refractivity contribution is 0.00578. The van der Waals surface area contributed by atoms with Crippen LogP contribution in [-0.2, 0) is 9.31 Å². The minimum Gasteiger partial charge on any atom is -0.399 e. The van der Waals surface area contributed by atoms with E-state index in [0.717, 1.165) is 11.0 Å². The summed E-state index contributed by atoms with van der Waals surface area (Å²) in [6, 6.07) is 28.7. The fourth-order valence-corrected chi connectivity index (χ4v) is 5.38. The molecule has 1 aliphatic heterocycles. The summed E-state index contributed by atoms with van der Waals surface area (Å²) < 4.78 is 12.8. The van der Waals surface area contributed by atoms with Crippen LogP contribution in [0, 0.1) is 5.92 Å². The van der Waals surface area contributed by atoms with Crippen molar-refractivity contribution >= 4 is 35.5 Å². The molecule has 2 aliphatic carbocycles. The van der Waals surface area contributed by atoms with Crippen LogP contribution in [0.3, 0.4) is 0 Å². The van der Waals surface area contributed by atoms with Crippen LogP contribution < -0.4 is 15.9 Å². The first kappa shape index (κ1) is 21.9.